The van der Waals surface area contributed by atoms with Crippen molar-refractivity contribution in [2.75, 3.05) is 0 Å². The normalized spacial score (nSPS) is 10.2. The highest BCUT2D eigenvalue weighted by Gasteiger charge is 2.09. The van der Waals surface area contributed by atoms with Gasteiger partial charge in [0, 0.05) is 6.20 Å². The van der Waals surface area contributed by atoms with Gasteiger partial charge in [-0.15, -0.1) is 0 Å². The van der Waals surface area contributed by atoms with Gasteiger partial charge in [-0.3, -0.25) is 9.78 Å². The summed E-state index contributed by atoms with van der Waals surface area (Å²) in [5.74, 6) is -0.856. The second kappa shape index (κ2) is 4.78. The van der Waals surface area contributed by atoms with E-state index < -0.39 is 5.97 Å². The van der Waals surface area contributed by atoms with E-state index in [1.807, 2.05) is 43.3 Å². The number of aromatic nitrogens is 1. The smallest absolute Gasteiger partial charge is 0.309 e. The molecular formula is C14H13NO2. The van der Waals surface area contributed by atoms with Crippen molar-refractivity contribution in [3.05, 3.63) is 53.9 Å². The molecule has 1 heterocycles. The molecule has 1 N–H and O–H groups in total. The monoisotopic (exact) mass is 227 g/mol. The Morgan fingerprint density at radius 1 is 1.24 bits per heavy atom. The Balaban J connectivity index is 2.46. The summed E-state index contributed by atoms with van der Waals surface area (Å²) in [5, 5.41) is 8.81. The van der Waals surface area contributed by atoms with Gasteiger partial charge in [0.2, 0.25) is 0 Å². The van der Waals surface area contributed by atoms with Crippen molar-refractivity contribution < 1.29 is 9.90 Å². The number of benzene rings is 1. The largest absolute Gasteiger partial charge is 0.481 e. The van der Waals surface area contributed by atoms with Crippen LogP contribution < -0.4 is 0 Å². The third-order valence-corrected chi connectivity index (χ3v) is 2.71. The van der Waals surface area contributed by atoms with E-state index in [0.717, 1.165) is 16.7 Å². The first-order chi connectivity index (χ1) is 8.18. The molecule has 0 fully saturated rings. The predicted octanol–water partition coefficient (Wildman–Crippen LogP) is 2.68. The Morgan fingerprint density at radius 2 is 1.94 bits per heavy atom. The Bertz CT molecular complexity index is 535. The van der Waals surface area contributed by atoms with Crippen LogP contribution in [0.4, 0.5) is 0 Å². The first-order valence-corrected chi connectivity index (χ1v) is 5.40. The van der Waals surface area contributed by atoms with Gasteiger partial charge in [-0.1, -0.05) is 30.3 Å². The number of pyridine rings is 1. The molecule has 0 atom stereocenters. The zero-order chi connectivity index (χ0) is 12.3. The Kier molecular flexibility index (Phi) is 3.19. The summed E-state index contributed by atoms with van der Waals surface area (Å²) in [6.07, 6.45) is 1.63. The molecule has 0 aliphatic heterocycles. The number of rotatable bonds is 3. The maximum atomic E-state index is 10.7. The van der Waals surface area contributed by atoms with Gasteiger partial charge in [-0.25, -0.2) is 0 Å². The van der Waals surface area contributed by atoms with Crippen molar-refractivity contribution in [1.82, 2.24) is 4.98 Å². The molecule has 1 aromatic heterocycles. The molecule has 86 valence electrons. The lowest BCUT2D eigenvalue weighted by Crippen LogP contribution is -2.05. The van der Waals surface area contributed by atoms with Crippen LogP contribution in [0.3, 0.4) is 0 Å². The van der Waals surface area contributed by atoms with Gasteiger partial charge in [0.25, 0.3) is 0 Å². The highest BCUT2D eigenvalue weighted by atomic mass is 16.4. The summed E-state index contributed by atoms with van der Waals surface area (Å²) < 4.78 is 0. The quantitative estimate of drug-likeness (QED) is 0.877. The van der Waals surface area contributed by atoms with Crippen LogP contribution in [0.1, 0.15) is 11.3 Å². The van der Waals surface area contributed by atoms with E-state index in [9.17, 15) is 4.79 Å². The summed E-state index contributed by atoms with van der Waals surface area (Å²) in [6.45, 7) is 1.91. The fourth-order valence-corrected chi connectivity index (χ4v) is 1.83. The molecule has 0 aliphatic carbocycles. The second-order valence-corrected chi connectivity index (χ2v) is 3.87. The molecule has 2 aromatic rings. The predicted molar refractivity (Wildman–Crippen MR) is 65.7 cm³/mol. The molecule has 0 bridgehead atoms. The molecule has 0 saturated heterocycles. The topological polar surface area (TPSA) is 50.2 Å². The maximum Gasteiger partial charge on any atom is 0.309 e. The SMILES string of the molecule is Cc1c(-c2ccccc2)ccnc1CC(=O)O. The van der Waals surface area contributed by atoms with Gasteiger partial charge in [0.15, 0.2) is 0 Å². The fourth-order valence-electron chi connectivity index (χ4n) is 1.83. The lowest BCUT2D eigenvalue weighted by molar-refractivity contribution is -0.136. The van der Waals surface area contributed by atoms with Crippen molar-refractivity contribution in [2.24, 2.45) is 0 Å². The van der Waals surface area contributed by atoms with Crippen LogP contribution in [0.2, 0.25) is 0 Å². The molecule has 17 heavy (non-hydrogen) atoms. The zero-order valence-electron chi connectivity index (χ0n) is 9.55. The molecule has 0 aliphatic rings. The highest BCUT2D eigenvalue weighted by molar-refractivity contribution is 5.73. The van der Waals surface area contributed by atoms with E-state index in [4.69, 9.17) is 5.11 Å². The second-order valence-electron chi connectivity index (χ2n) is 3.87. The molecule has 2 rings (SSSR count). The van der Waals surface area contributed by atoms with Gasteiger partial charge >= 0.3 is 5.97 Å². The molecule has 0 radical (unpaired) electrons. The first kappa shape index (κ1) is 11.3. The number of hydrogen-bond acceptors (Lipinski definition) is 2. The van der Waals surface area contributed by atoms with Gasteiger partial charge in [0.05, 0.1) is 12.1 Å². The third-order valence-electron chi connectivity index (χ3n) is 2.71. The number of nitrogens with zero attached hydrogens (tertiary/aromatic N) is 1. The number of carboxylic acid groups (broad SMARTS) is 1. The van der Waals surface area contributed by atoms with Gasteiger partial charge in [-0.2, -0.15) is 0 Å². The van der Waals surface area contributed by atoms with Crippen LogP contribution >= 0.6 is 0 Å². The summed E-state index contributed by atoms with van der Waals surface area (Å²) in [6, 6.07) is 11.8. The Morgan fingerprint density at radius 3 is 2.59 bits per heavy atom. The molecule has 3 heteroatoms. The molecule has 0 amide bonds. The minimum atomic E-state index is -0.856. The third kappa shape index (κ3) is 2.50. The van der Waals surface area contributed by atoms with Gasteiger partial charge < -0.3 is 5.11 Å². The van der Waals surface area contributed by atoms with Gasteiger partial charge in [0.1, 0.15) is 0 Å². The first-order valence-electron chi connectivity index (χ1n) is 5.40. The lowest BCUT2D eigenvalue weighted by Gasteiger charge is -2.09. The fraction of sp³-hybridized carbons (Fsp3) is 0.143. The van der Waals surface area contributed by atoms with Crippen LogP contribution in [0.25, 0.3) is 11.1 Å². The van der Waals surface area contributed by atoms with Crippen molar-refractivity contribution >= 4 is 5.97 Å². The molecule has 0 spiro atoms. The highest BCUT2D eigenvalue weighted by Crippen LogP contribution is 2.24. The van der Waals surface area contributed by atoms with Crippen LogP contribution in [0.15, 0.2) is 42.6 Å². The molecule has 1 aromatic carbocycles. The van der Waals surface area contributed by atoms with E-state index in [1.54, 1.807) is 6.20 Å². The number of hydrogen-bond donors (Lipinski definition) is 1. The van der Waals surface area contributed by atoms with Crippen LogP contribution in [-0.2, 0) is 11.2 Å². The number of carboxylic acids is 1. The molecule has 3 nitrogen and oxygen atoms in total. The standard InChI is InChI=1S/C14H13NO2/c1-10-12(11-5-3-2-4-6-11)7-8-15-13(10)9-14(16)17/h2-8H,9H2,1H3,(H,16,17). The van der Waals surface area contributed by atoms with Crippen molar-refractivity contribution in [1.29, 1.82) is 0 Å². The van der Waals surface area contributed by atoms with Crippen molar-refractivity contribution in [3.8, 4) is 11.1 Å². The van der Waals surface area contributed by atoms with E-state index in [1.165, 1.54) is 0 Å². The molecular weight excluding hydrogens is 214 g/mol. The Labute approximate surface area is 99.8 Å². The Hall–Kier alpha value is -2.16. The van der Waals surface area contributed by atoms with Crippen molar-refractivity contribution in [2.45, 2.75) is 13.3 Å². The average molecular weight is 227 g/mol. The van der Waals surface area contributed by atoms with Crippen LogP contribution in [-0.4, -0.2) is 16.1 Å². The maximum absolute atomic E-state index is 10.7. The van der Waals surface area contributed by atoms with Crippen LogP contribution in [0, 0.1) is 6.92 Å². The lowest BCUT2D eigenvalue weighted by atomic mass is 9.99. The average Bonchev–Trinajstić information content (AvgIpc) is 2.32. The van der Waals surface area contributed by atoms with Gasteiger partial charge in [-0.05, 0) is 29.7 Å². The van der Waals surface area contributed by atoms with E-state index in [0.29, 0.717) is 5.69 Å². The van der Waals surface area contributed by atoms with Crippen molar-refractivity contribution in [3.63, 3.8) is 0 Å². The van der Waals surface area contributed by atoms with E-state index in [-0.39, 0.29) is 6.42 Å². The summed E-state index contributed by atoms with van der Waals surface area (Å²) in [7, 11) is 0. The zero-order valence-corrected chi connectivity index (χ0v) is 9.55. The van der Waals surface area contributed by atoms with E-state index >= 15 is 0 Å². The minimum Gasteiger partial charge on any atom is -0.481 e. The number of carbonyl (C=O) groups is 1. The number of aliphatic carboxylic acids is 1. The summed E-state index contributed by atoms with van der Waals surface area (Å²) >= 11 is 0. The molecule has 0 unspecified atom stereocenters. The van der Waals surface area contributed by atoms with Crippen LogP contribution in [0.5, 0.6) is 0 Å². The molecule has 0 saturated carbocycles. The van der Waals surface area contributed by atoms with E-state index in [2.05, 4.69) is 4.98 Å². The summed E-state index contributed by atoms with van der Waals surface area (Å²) in [4.78, 5) is 14.9. The summed E-state index contributed by atoms with van der Waals surface area (Å²) in [5.41, 5.74) is 3.68. The minimum absolute atomic E-state index is 0.0352.